The van der Waals surface area contributed by atoms with Gasteiger partial charge < -0.3 is 19.7 Å². The highest BCUT2D eigenvalue weighted by Gasteiger charge is 2.32. The van der Waals surface area contributed by atoms with E-state index in [1.54, 1.807) is 0 Å². The van der Waals surface area contributed by atoms with E-state index in [0.717, 1.165) is 12.1 Å². The minimum atomic E-state index is -3.39. The summed E-state index contributed by atoms with van der Waals surface area (Å²) in [6, 6.07) is 2.82. The predicted octanol–water partition coefficient (Wildman–Crippen LogP) is 2.23. The van der Waals surface area contributed by atoms with Gasteiger partial charge in [-0.1, -0.05) is 18.5 Å². The number of hydrogen-bond donors (Lipinski definition) is 2. The molecule has 2 aromatic heterocycles. The second-order valence-electron chi connectivity index (χ2n) is 8.89. The van der Waals surface area contributed by atoms with Crippen LogP contribution < -0.4 is 5.32 Å². The molecule has 0 bridgehead atoms. The molecule has 10 nitrogen and oxygen atoms in total. The van der Waals surface area contributed by atoms with Crippen molar-refractivity contribution in [3.63, 3.8) is 0 Å². The third-order valence-corrected chi connectivity index (χ3v) is 8.02. The summed E-state index contributed by atoms with van der Waals surface area (Å²) in [6.45, 7) is 3.32. The first kappa shape index (κ1) is 24.3. The van der Waals surface area contributed by atoms with E-state index in [-0.39, 0.29) is 30.1 Å². The number of nitrogens with one attached hydrogen (secondary N) is 1. The number of aryl methyl sites for hydroxylation is 1. The maximum atomic E-state index is 15.1. The summed E-state index contributed by atoms with van der Waals surface area (Å²) in [6.07, 6.45) is 2.62. The summed E-state index contributed by atoms with van der Waals surface area (Å²) in [7, 11) is -3.39. The highest BCUT2D eigenvalue weighted by Crippen LogP contribution is 2.34. The van der Waals surface area contributed by atoms with Gasteiger partial charge in [0.25, 0.3) is 0 Å². The van der Waals surface area contributed by atoms with Crippen LogP contribution in [0.15, 0.2) is 18.3 Å². The van der Waals surface area contributed by atoms with Crippen LogP contribution in [0.4, 0.5) is 10.3 Å². The van der Waals surface area contributed by atoms with E-state index in [0.29, 0.717) is 48.3 Å². The van der Waals surface area contributed by atoms with Crippen LogP contribution >= 0.6 is 11.6 Å². The van der Waals surface area contributed by atoms with Gasteiger partial charge in [-0.05, 0) is 18.6 Å². The number of piperidine rings is 1. The number of rotatable bonds is 6. The zero-order valence-electron chi connectivity index (χ0n) is 19.3. The first-order valence-corrected chi connectivity index (χ1v) is 13.6. The number of fused-ring (bicyclic) bond motifs is 1. The molecule has 0 radical (unpaired) electrons. The maximum absolute atomic E-state index is 15.1. The molecule has 4 heterocycles. The highest BCUT2D eigenvalue weighted by atomic mass is 35.5. The third kappa shape index (κ3) is 4.60. The lowest BCUT2D eigenvalue weighted by molar-refractivity contribution is -0.0226. The molecule has 2 aliphatic heterocycles. The van der Waals surface area contributed by atoms with Crippen molar-refractivity contribution in [2.75, 3.05) is 37.9 Å². The van der Waals surface area contributed by atoms with Gasteiger partial charge in [-0.3, -0.25) is 0 Å². The molecule has 188 valence electrons. The van der Waals surface area contributed by atoms with Gasteiger partial charge in [-0.2, -0.15) is 4.31 Å². The van der Waals surface area contributed by atoms with Crippen molar-refractivity contribution in [3.05, 3.63) is 35.0 Å². The molecular weight excluding hydrogens is 499 g/mol. The van der Waals surface area contributed by atoms with Gasteiger partial charge in [-0.25, -0.2) is 27.8 Å². The van der Waals surface area contributed by atoms with Crippen LogP contribution in [0.2, 0.25) is 5.02 Å². The third-order valence-electron chi connectivity index (χ3n) is 6.47. The first-order valence-electron chi connectivity index (χ1n) is 11.4. The Balaban J connectivity index is 1.46. The molecule has 2 N–H and O–H groups in total. The Hall–Kier alpha value is -2.38. The second-order valence-corrected chi connectivity index (χ2v) is 11.3. The molecule has 3 aromatic rings. The number of aliphatic hydroxyl groups excluding tert-OH is 1. The van der Waals surface area contributed by atoms with Crippen molar-refractivity contribution in [3.8, 4) is 11.3 Å². The zero-order valence-corrected chi connectivity index (χ0v) is 20.9. The summed E-state index contributed by atoms with van der Waals surface area (Å²) in [5, 5.41) is 13.8. The Morgan fingerprint density at radius 3 is 2.71 bits per heavy atom. The van der Waals surface area contributed by atoms with Gasteiger partial charge in [0.15, 0.2) is 5.82 Å². The Morgan fingerprint density at radius 2 is 2.09 bits per heavy atom. The fourth-order valence-corrected chi connectivity index (χ4v) is 5.60. The van der Waals surface area contributed by atoms with Crippen molar-refractivity contribution in [2.45, 2.75) is 38.0 Å². The maximum Gasteiger partial charge on any atom is 0.223 e. The van der Waals surface area contributed by atoms with E-state index in [1.807, 2.05) is 17.6 Å². The fourth-order valence-electron chi connectivity index (χ4n) is 4.54. The lowest BCUT2D eigenvalue weighted by Crippen LogP contribution is -2.51. The van der Waals surface area contributed by atoms with Crippen LogP contribution in [0.5, 0.6) is 0 Å². The van der Waals surface area contributed by atoms with E-state index in [4.69, 9.17) is 16.3 Å². The number of imidazole rings is 1. The molecule has 0 amide bonds. The molecular formula is C22H26ClFN6O4S. The summed E-state index contributed by atoms with van der Waals surface area (Å²) < 4.78 is 47.3. The van der Waals surface area contributed by atoms with Gasteiger partial charge in [0, 0.05) is 25.1 Å². The zero-order chi connectivity index (χ0) is 24.9. The molecule has 2 fully saturated rings. The largest absolute Gasteiger partial charge is 0.390 e. The van der Waals surface area contributed by atoms with E-state index >= 15 is 4.39 Å². The lowest BCUT2D eigenvalue weighted by atomic mass is 10.0. The Bertz CT molecular complexity index is 1380. The predicted molar refractivity (Wildman–Crippen MR) is 129 cm³/mol. The molecule has 2 atom stereocenters. The highest BCUT2D eigenvalue weighted by molar-refractivity contribution is 7.88. The molecule has 0 aliphatic carbocycles. The standard InChI is InChI=1S/C22H26ClFN6O4S/c1-3-19-27-21-15(24)6-12(7-17(21)30(19)13-10-34-11-13)20-14(23)8-25-22(28-20)26-16-4-5-29(9-18(16)31)35(2,32)33/h6-8,13,16,18,31H,3-5,9-11H2,1-2H3,(H,25,26,28)/t16-,18-/m1/s1. The number of hydrogen-bond acceptors (Lipinski definition) is 8. The Labute approximate surface area is 207 Å². The normalized spacial score (nSPS) is 21.9. The van der Waals surface area contributed by atoms with Gasteiger partial charge in [0.2, 0.25) is 16.0 Å². The number of nitrogens with zero attached hydrogens (tertiary/aromatic N) is 5. The average Bonchev–Trinajstić information content (AvgIpc) is 3.13. The Kier molecular flexibility index (Phi) is 6.43. The lowest BCUT2D eigenvalue weighted by Gasteiger charge is -2.34. The van der Waals surface area contributed by atoms with E-state index in [1.165, 1.54) is 16.6 Å². The van der Waals surface area contributed by atoms with Gasteiger partial charge in [-0.15, -0.1) is 0 Å². The van der Waals surface area contributed by atoms with Gasteiger partial charge in [0.1, 0.15) is 11.3 Å². The van der Waals surface area contributed by atoms with Gasteiger partial charge in [0.05, 0.1) is 60.1 Å². The molecule has 5 rings (SSSR count). The summed E-state index contributed by atoms with van der Waals surface area (Å²) in [5.41, 5.74) is 1.75. The van der Waals surface area contributed by atoms with Crippen LogP contribution in [0, 0.1) is 5.82 Å². The van der Waals surface area contributed by atoms with Crippen LogP contribution in [0.1, 0.15) is 25.2 Å². The van der Waals surface area contributed by atoms with Crippen LogP contribution in [0.25, 0.3) is 22.3 Å². The molecule has 0 spiro atoms. The van der Waals surface area contributed by atoms with E-state index < -0.39 is 28.0 Å². The number of β-amino-alcohol motifs (C(OH)–C–C–N with tert-alkyl or cyclic N) is 1. The minimum absolute atomic E-state index is 0.0204. The number of aliphatic hydroxyl groups is 1. The molecule has 13 heteroatoms. The number of benzene rings is 1. The second kappa shape index (κ2) is 9.25. The number of aromatic nitrogens is 4. The molecule has 2 saturated heterocycles. The smallest absolute Gasteiger partial charge is 0.223 e. The molecule has 35 heavy (non-hydrogen) atoms. The monoisotopic (exact) mass is 524 g/mol. The number of ether oxygens (including phenoxy) is 1. The average molecular weight is 525 g/mol. The molecule has 2 aliphatic rings. The summed E-state index contributed by atoms with van der Waals surface area (Å²) >= 11 is 6.41. The van der Waals surface area contributed by atoms with Crippen molar-refractivity contribution in [1.82, 2.24) is 23.8 Å². The van der Waals surface area contributed by atoms with Crippen molar-refractivity contribution in [1.29, 1.82) is 0 Å². The number of halogens is 2. The van der Waals surface area contributed by atoms with Crippen molar-refractivity contribution < 1.29 is 22.7 Å². The summed E-state index contributed by atoms with van der Waals surface area (Å²) in [5.74, 6) is 0.519. The topological polar surface area (TPSA) is 122 Å². The summed E-state index contributed by atoms with van der Waals surface area (Å²) in [4.78, 5) is 13.2. The van der Waals surface area contributed by atoms with Crippen LogP contribution in [0.3, 0.4) is 0 Å². The molecule has 1 aromatic carbocycles. The Morgan fingerprint density at radius 1 is 1.31 bits per heavy atom. The SMILES string of the molecule is CCc1nc2c(F)cc(-c3nc(N[C@@H]4CCN(S(C)(=O)=O)C[C@H]4O)ncc3Cl)cc2n1C1COC1. The first-order chi connectivity index (χ1) is 16.7. The van der Waals surface area contributed by atoms with Crippen LogP contribution in [-0.4, -0.2) is 82.1 Å². The van der Waals surface area contributed by atoms with E-state index in [9.17, 15) is 13.5 Å². The van der Waals surface area contributed by atoms with Crippen molar-refractivity contribution >= 4 is 38.6 Å². The van der Waals surface area contributed by atoms with Crippen LogP contribution in [-0.2, 0) is 21.2 Å². The van der Waals surface area contributed by atoms with E-state index in [2.05, 4.69) is 20.3 Å². The quantitative estimate of drug-likeness (QED) is 0.503. The number of sulfonamides is 1. The molecule has 0 saturated carbocycles. The fraction of sp³-hybridized carbons (Fsp3) is 0.500. The van der Waals surface area contributed by atoms with Crippen molar-refractivity contribution in [2.24, 2.45) is 0 Å². The minimum Gasteiger partial charge on any atom is -0.390 e. The number of anilines is 1. The van der Waals surface area contributed by atoms with Gasteiger partial charge >= 0.3 is 0 Å². The molecule has 0 unspecified atom stereocenters.